The van der Waals surface area contributed by atoms with Gasteiger partial charge >= 0.3 is 5.97 Å². The molecule has 0 spiro atoms. The van der Waals surface area contributed by atoms with Gasteiger partial charge in [0.2, 0.25) is 0 Å². The molecule has 0 aliphatic carbocycles. The number of methoxy groups -OCH3 is 1. The second-order valence-electron chi connectivity index (χ2n) is 5.33. The minimum atomic E-state index is -0.383. The Kier molecular flexibility index (Phi) is 4.93. The van der Waals surface area contributed by atoms with Crippen molar-refractivity contribution < 1.29 is 19.0 Å². The molecule has 0 unspecified atom stereocenters. The van der Waals surface area contributed by atoms with Gasteiger partial charge in [-0.3, -0.25) is 0 Å². The fourth-order valence-electron chi connectivity index (χ4n) is 2.43. The van der Waals surface area contributed by atoms with Crippen molar-refractivity contribution in [2.45, 2.75) is 25.9 Å². The molecule has 0 radical (unpaired) electrons. The van der Waals surface area contributed by atoms with E-state index in [2.05, 4.69) is 11.9 Å². The van der Waals surface area contributed by atoms with Gasteiger partial charge in [-0.15, -0.1) is 11.3 Å². The van der Waals surface area contributed by atoms with Crippen molar-refractivity contribution in [2.24, 2.45) is 0 Å². The van der Waals surface area contributed by atoms with Gasteiger partial charge in [0.1, 0.15) is 16.9 Å². The van der Waals surface area contributed by atoms with Crippen LogP contribution in [-0.2, 0) is 15.9 Å². The number of nitrogens with zero attached hydrogens (tertiary/aromatic N) is 1. The molecule has 0 amide bonds. The molecule has 0 saturated carbocycles. The third-order valence-electron chi connectivity index (χ3n) is 3.67. The molecule has 1 fully saturated rings. The highest BCUT2D eigenvalue weighted by Gasteiger charge is 2.19. The fraction of sp³-hybridized carbons (Fsp3) is 0.412. The van der Waals surface area contributed by atoms with E-state index in [9.17, 15) is 4.79 Å². The number of rotatable bonds is 5. The summed E-state index contributed by atoms with van der Waals surface area (Å²) < 4.78 is 16.1. The van der Waals surface area contributed by atoms with Crippen LogP contribution < -0.4 is 4.74 Å². The lowest BCUT2D eigenvalue weighted by Crippen LogP contribution is -2.16. The molecule has 1 aliphatic heterocycles. The van der Waals surface area contributed by atoms with E-state index in [0.29, 0.717) is 24.5 Å². The van der Waals surface area contributed by atoms with Gasteiger partial charge in [0.05, 0.1) is 25.9 Å². The lowest BCUT2D eigenvalue weighted by Gasteiger charge is -2.13. The van der Waals surface area contributed by atoms with E-state index in [1.54, 1.807) is 23.5 Å². The number of thiazole rings is 1. The maximum atomic E-state index is 11.9. The van der Waals surface area contributed by atoms with E-state index >= 15 is 0 Å². The lowest BCUT2D eigenvalue weighted by atomic mass is 10.1. The van der Waals surface area contributed by atoms with Crippen LogP contribution in [0.25, 0.3) is 10.6 Å². The number of hydrogen-bond acceptors (Lipinski definition) is 6. The molecule has 2 heterocycles. The van der Waals surface area contributed by atoms with Crippen LogP contribution in [0.3, 0.4) is 0 Å². The van der Waals surface area contributed by atoms with Crippen LogP contribution >= 0.6 is 11.3 Å². The third-order valence-corrected chi connectivity index (χ3v) is 4.86. The first kappa shape index (κ1) is 16.0. The predicted octanol–water partition coefficient (Wildman–Crippen LogP) is 3.33. The van der Waals surface area contributed by atoms with Gasteiger partial charge in [-0.2, -0.15) is 0 Å². The molecule has 1 atom stereocenters. The van der Waals surface area contributed by atoms with Crippen molar-refractivity contribution >= 4 is 17.3 Å². The molecule has 3 rings (SSSR count). The molecule has 2 aromatic rings. The summed E-state index contributed by atoms with van der Waals surface area (Å²) in [5, 5.41) is 0.875. The van der Waals surface area contributed by atoms with Gasteiger partial charge in [0.25, 0.3) is 0 Å². The normalized spacial score (nSPS) is 17.2. The summed E-state index contributed by atoms with van der Waals surface area (Å²) >= 11 is 1.62. The zero-order valence-corrected chi connectivity index (χ0v) is 14.0. The number of carbonyl (C=O) groups is 1. The monoisotopic (exact) mass is 333 g/mol. The standard InChI is InChI=1S/C17H19NO4S/c1-3-15-9-18-16(23-15)11-6-12(17(19)20-2)8-14(7-11)22-13-4-5-21-10-13/h6-9,13H,3-5,10H2,1-2H3/t13-/m1/s1. The van der Waals surface area contributed by atoms with E-state index in [1.165, 1.54) is 12.0 Å². The number of aromatic nitrogens is 1. The summed E-state index contributed by atoms with van der Waals surface area (Å²) in [6, 6.07) is 5.42. The topological polar surface area (TPSA) is 57.7 Å². The smallest absolute Gasteiger partial charge is 0.338 e. The first-order valence-corrected chi connectivity index (χ1v) is 8.44. The van der Waals surface area contributed by atoms with E-state index in [-0.39, 0.29) is 12.1 Å². The lowest BCUT2D eigenvalue weighted by molar-refractivity contribution is 0.0600. The molecule has 1 aromatic heterocycles. The summed E-state index contributed by atoms with van der Waals surface area (Å²) in [6.45, 7) is 3.38. The Morgan fingerprint density at radius 2 is 2.30 bits per heavy atom. The Morgan fingerprint density at radius 1 is 1.43 bits per heavy atom. The Morgan fingerprint density at radius 3 is 2.96 bits per heavy atom. The van der Waals surface area contributed by atoms with E-state index < -0.39 is 0 Å². The summed E-state index contributed by atoms with van der Waals surface area (Å²) in [6.07, 6.45) is 3.70. The number of benzene rings is 1. The van der Waals surface area contributed by atoms with Crippen LogP contribution in [0.4, 0.5) is 0 Å². The second-order valence-corrected chi connectivity index (χ2v) is 6.44. The van der Waals surface area contributed by atoms with Gasteiger partial charge in [-0.1, -0.05) is 6.92 Å². The number of hydrogen-bond donors (Lipinski definition) is 0. The van der Waals surface area contributed by atoms with E-state index in [1.807, 2.05) is 12.3 Å². The van der Waals surface area contributed by atoms with Crippen molar-refractivity contribution in [1.29, 1.82) is 0 Å². The quantitative estimate of drug-likeness (QED) is 0.786. The molecular formula is C17H19NO4S. The molecule has 6 heteroatoms. The molecule has 0 bridgehead atoms. The highest BCUT2D eigenvalue weighted by molar-refractivity contribution is 7.15. The zero-order valence-electron chi connectivity index (χ0n) is 13.2. The van der Waals surface area contributed by atoms with E-state index in [0.717, 1.165) is 23.4 Å². The molecule has 1 aromatic carbocycles. The average molecular weight is 333 g/mol. The molecule has 1 saturated heterocycles. The summed E-state index contributed by atoms with van der Waals surface area (Å²) in [4.78, 5) is 17.6. The number of ether oxygens (including phenoxy) is 3. The largest absolute Gasteiger partial charge is 0.488 e. The van der Waals surface area contributed by atoms with Gasteiger partial charge in [-0.05, 0) is 24.6 Å². The molecule has 122 valence electrons. The first-order valence-electron chi connectivity index (χ1n) is 7.62. The Balaban J connectivity index is 1.94. The first-order chi connectivity index (χ1) is 11.2. The third kappa shape index (κ3) is 3.71. The summed E-state index contributed by atoms with van der Waals surface area (Å²) in [7, 11) is 1.37. The maximum Gasteiger partial charge on any atom is 0.338 e. The highest BCUT2D eigenvalue weighted by Crippen LogP contribution is 2.31. The molecule has 1 aliphatic rings. The SMILES string of the molecule is CCc1cnc(-c2cc(O[C@@H]3CCOC3)cc(C(=O)OC)c2)s1. The van der Waals surface area contributed by atoms with Gasteiger partial charge in [-0.25, -0.2) is 9.78 Å². The Hall–Kier alpha value is -1.92. The van der Waals surface area contributed by atoms with Crippen molar-refractivity contribution in [2.75, 3.05) is 20.3 Å². The maximum absolute atomic E-state index is 11.9. The zero-order chi connectivity index (χ0) is 16.2. The van der Waals surface area contributed by atoms with Crippen LogP contribution in [0.5, 0.6) is 5.75 Å². The van der Waals surface area contributed by atoms with Gasteiger partial charge < -0.3 is 14.2 Å². The second kappa shape index (κ2) is 7.10. The average Bonchev–Trinajstić information content (AvgIpc) is 3.25. The summed E-state index contributed by atoms with van der Waals surface area (Å²) in [5.74, 6) is 0.262. The number of carbonyl (C=O) groups excluding carboxylic acids is 1. The van der Waals surface area contributed by atoms with Crippen LogP contribution in [0.1, 0.15) is 28.6 Å². The molecule has 23 heavy (non-hydrogen) atoms. The van der Waals surface area contributed by atoms with Crippen LogP contribution in [-0.4, -0.2) is 37.4 Å². The van der Waals surface area contributed by atoms with Crippen LogP contribution in [0.15, 0.2) is 24.4 Å². The molecular weight excluding hydrogens is 314 g/mol. The van der Waals surface area contributed by atoms with E-state index in [4.69, 9.17) is 14.2 Å². The van der Waals surface area contributed by atoms with Crippen molar-refractivity contribution in [3.8, 4) is 16.3 Å². The molecule has 5 nitrogen and oxygen atoms in total. The Bertz CT molecular complexity index is 692. The van der Waals surface area contributed by atoms with Gasteiger partial charge in [0.15, 0.2) is 0 Å². The highest BCUT2D eigenvalue weighted by atomic mass is 32.1. The van der Waals surface area contributed by atoms with Crippen molar-refractivity contribution in [3.63, 3.8) is 0 Å². The fourth-order valence-corrected chi connectivity index (χ4v) is 3.27. The van der Waals surface area contributed by atoms with Crippen LogP contribution in [0, 0.1) is 0 Å². The summed E-state index contributed by atoms with van der Waals surface area (Å²) in [5.41, 5.74) is 1.33. The minimum absolute atomic E-state index is 0.0262. The minimum Gasteiger partial charge on any atom is -0.488 e. The number of esters is 1. The molecule has 0 N–H and O–H groups in total. The van der Waals surface area contributed by atoms with Gasteiger partial charge in [0, 0.05) is 23.1 Å². The van der Waals surface area contributed by atoms with Crippen molar-refractivity contribution in [1.82, 2.24) is 4.98 Å². The predicted molar refractivity (Wildman–Crippen MR) is 88.1 cm³/mol. The van der Waals surface area contributed by atoms with Crippen LogP contribution in [0.2, 0.25) is 0 Å². The number of aryl methyl sites for hydroxylation is 1. The van der Waals surface area contributed by atoms with Crippen molar-refractivity contribution in [3.05, 3.63) is 34.8 Å². The Labute approximate surface area is 139 Å².